The molecule has 6 heteroatoms. The number of allylic oxidation sites excluding steroid dienone is 1. The number of carbonyl (C=O) groups is 2. The monoisotopic (exact) mass is 563 g/mol. The first kappa shape index (κ1) is 28.0. The Morgan fingerprint density at radius 1 is 0.952 bits per heavy atom. The van der Waals surface area contributed by atoms with Crippen LogP contribution < -0.4 is 4.74 Å². The van der Waals surface area contributed by atoms with Crippen molar-refractivity contribution in [1.29, 1.82) is 0 Å². The predicted molar refractivity (Wildman–Crippen MR) is 162 cm³/mol. The van der Waals surface area contributed by atoms with Crippen molar-refractivity contribution in [3.8, 4) is 11.5 Å². The van der Waals surface area contributed by atoms with Gasteiger partial charge in [0, 0.05) is 12.5 Å². The van der Waals surface area contributed by atoms with Crippen LogP contribution in [-0.4, -0.2) is 47.7 Å². The highest BCUT2D eigenvalue weighted by Gasteiger charge is 2.56. The van der Waals surface area contributed by atoms with Crippen LogP contribution in [0.4, 0.5) is 0 Å². The number of amides is 2. The van der Waals surface area contributed by atoms with Crippen LogP contribution in [-0.2, 0) is 14.3 Å². The van der Waals surface area contributed by atoms with Gasteiger partial charge in [-0.2, -0.15) is 0 Å². The van der Waals surface area contributed by atoms with E-state index in [1.165, 1.54) is 10.5 Å². The maximum absolute atomic E-state index is 13.5. The van der Waals surface area contributed by atoms with Gasteiger partial charge in [-0.05, 0) is 77.8 Å². The zero-order valence-electron chi connectivity index (χ0n) is 23.9. The Morgan fingerprint density at radius 3 is 2.38 bits per heavy atom. The number of fused-ring (bicyclic) bond motifs is 3. The normalized spacial score (nSPS) is 23.7. The van der Waals surface area contributed by atoms with Gasteiger partial charge in [0.05, 0.1) is 24.5 Å². The van der Waals surface area contributed by atoms with E-state index >= 15 is 0 Å². The minimum Gasteiger partial charge on any atom is -0.508 e. The largest absolute Gasteiger partial charge is 0.508 e. The minimum atomic E-state index is -0.356. The number of hydrogen-bond donors (Lipinski definition) is 1. The molecule has 0 saturated carbocycles. The highest BCUT2D eigenvalue weighted by atomic mass is 16.5. The number of imide groups is 1. The van der Waals surface area contributed by atoms with Gasteiger partial charge < -0.3 is 14.6 Å². The summed E-state index contributed by atoms with van der Waals surface area (Å²) < 4.78 is 12.7. The lowest BCUT2D eigenvalue weighted by atomic mass is 9.69. The van der Waals surface area contributed by atoms with E-state index in [1.54, 1.807) is 12.1 Å². The van der Waals surface area contributed by atoms with Crippen molar-refractivity contribution >= 4 is 23.5 Å². The summed E-state index contributed by atoms with van der Waals surface area (Å²) in [6.45, 7) is 3.28. The summed E-state index contributed by atoms with van der Waals surface area (Å²) in [7, 11) is 0. The molecule has 0 spiro atoms. The van der Waals surface area contributed by atoms with E-state index in [1.807, 2.05) is 67.6 Å². The molecule has 2 amide bonds. The molecule has 3 aromatic carbocycles. The molecular weight excluding hydrogens is 526 g/mol. The van der Waals surface area contributed by atoms with Crippen LogP contribution in [0, 0.1) is 17.8 Å². The van der Waals surface area contributed by atoms with Crippen molar-refractivity contribution in [2.24, 2.45) is 17.8 Å². The van der Waals surface area contributed by atoms with Crippen LogP contribution in [0.2, 0.25) is 0 Å². The number of para-hydroxylation sites is 1. The highest BCUT2D eigenvalue weighted by Crippen LogP contribution is 2.50. The van der Waals surface area contributed by atoms with E-state index in [0.29, 0.717) is 26.2 Å². The van der Waals surface area contributed by atoms with Crippen molar-refractivity contribution in [2.45, 2.75) is 38.7 Å². The van der Waals surface area contributed by atoms with Crippen LogP contribution >= 0.6 is 0 Å². The Morgan fingerprint density at radius 2 is 1.67 bits per heavy atom. The third kappa shape index (κ3) is 5.64. The predicted octanol–water partition coefficient (Wildman–Crippen LogP) is 6.52. The zero-order valence-corrected chi connectivity index (χ0v) is 23.9. The van der Waals surface area contributed by atoms with Crippen molar-refractivity contribution < 1.29 is 24.2 Å². The molecule has 3 aliphatic rings. The summed E-state index contributed by atoms with van der Waals surface area (Å²) in [5.41, 5.74) is 5.57. The van der Waals surface area contributed by atoms with Gasteiger partial charge in [0.15, 0.2) is 0 Å². The molecule has 0 unspecified atom stereocenters. The quantitative estimate of drug-likeness (QED) is 0.173. The Labute approximate surface area is 247 Å². The second kappa shape index (κ2) is 12.4. The van der Waals surface area contributed by atoms with Crippen molar-refractivity contribution in [3.63, 3.8) is 0 Å². The lowest BCUT2D eigenvalue weighted by Gasteiger charge is -2.32. The number of benzene rings is 3. The molecule has 216 valence electrons. The number of ether oxygens (including phenoxy) is 2. The van der Waals surface area contributed by atoms with Gasteiger partial charge in [-0.25, -0.2) is 0 Å². The van der Waals surface area contributed by atoms with Crippen LogP contribution in [0.15, 0.2) is 96.1 Å². The molecule has 0 radical (unpaired) electrons. The first-order chi connectivity index (χ1) is 20.5. The molecule has 2 heterocycles. The second-order valence-electron chi connectivity index (χ2n) is 11.4. The fourth-order valence-electron chi connectivity index (χ4n) is 6.81. The molecule has 2 fully saturated rings. The first-order valence-electron chi connectivity index (χ1n) is 14.9. The average molecular weight is 564 g/mol. The molecule has 0 aromatic heterocycles. The summed E-state index contributed by atoms with van der Waals surface area (Å²) in [5, 5.41) is 9.75. The number of rotatable bonds is 10. The standard InChI is InChI=1S/C36H37NO5/c1-2-19-37-35(39)30-21-27(22-41-29-11-7-4-8-12-29)33-31(34(30)36(37)40)23-42-32(33)18-15-26(25-9-5-3-6-10-25)20-24-13-16-28(38)17-14-24/h3-14,16-17,20,30-32,34,38H,2,15,18-19,21-23H2,1H3/b26-20-/t30-,31+,32-,34-/m1/s1. The summed E-state index contributed by atoms with van der Waals surface area (Å²) in [6, 6.07) is 27.2. The Bertz CT molecular complexity index is 1480. The van der Waals surface area contributed by atoms with E-state index in [-0.39, 0.29) is 41.4 Å². The minimum absolute atomic E-state index is 0.0428. The number of likely N-dealkylation sites (tertiary alicyclic amines) is 1. The lowest BCUT2D eigenvalue weighted by Crippen LogP contribution is -2.35. The lowest BCUT2D eigenvalue weighted by molar-refractivity contribution is -0.140. The molecule has 1 aliphatic carbocycles. The van der Waals surface area contributed by atoms with Gasteiger partial charge in [-0.3, -0.25) is 14.5 Å². The number of phenolic OH excluding ortho intramolecular Hbond substituents is 1. The fourth-order valence-corrected chi connectivity index (χ4v) is 6.81. The molecule has 42 heavy (non-hydrogen) atoms. The highest BCUT2D eigenvalue weighted by molar-refractivity contribution is 6.06. The van der Waals surface area contributed by atoms with Crippen molar-refractivity contribution in [2.75, 3.05) is 19.8 Å². The SMILES string of the molecule is CCCN1C(=O)[C@@H]2[C@@H](CC(COc3ccccc3)=C3[C@@H](CC/C(=C/c4ccc(O)cc4)c4ccccc4)OC[C@@H]32)C1=O. The van der Waals surface area contributed by atoms with Gasteiger partial charge in [0.25, 0.3) is 0 Å². The smallest absolute Gasteiger partial charge is 0.233 e. The van der Waals surface area contributed by atoms with Gasteiger partial charge in [-0.1, -0.05) is 73.7 Å². The third-order valence-electron chi connectivity index (χ3n) is 8.76. The maximum atomic E-state index is 13.5. The molecule has 1 N–H and O–H groups in total. The topological polar surface area (TPSA) is 76.1 Å². The first-order valence-corrected chi connectivity index (χ1v) is 14.9. The average Bonchev–Trinajstić information content (AvgIpc) is 3.55. The number of nitrogens with zero attached hydrogens (tertiary/aromatic N) is 1. The summed E-state index contributed by atoms with van der Waals surface area (Å²) in [4.78, 5) is 28.4. The molecular formula is C36H37NO5. The van der Waals surface area contributed by atoms with E-state index in [4.69, 9.17) is 9.47 Å². The summed E-state index contributed by atoms with van der Waals surface area (Å²) in [5.74, 6) is 0.124. The van der Waals surface area contributed by atoms with E-state index in [9.17, 15) is 14.7 Å². The van der Waals surface area contributed by atoms with Crippen molar-refractivity contribution in [1.82, 2.24) is 4.90 Å². The number of aromatic hydroxyl groups is 1. The fraction of sp³-hybridized carbons (Fsp3) is 0.333. The van der Waals surface area contributed by atoms with Crippen LogP contribution in [0.25, 0.3) is 11.6 Å². The molecule has 3 aromatic rings. The van der Waals surface area contributed by atoms with E-state index in [0.717, 1.165) is 47.3 Å². The summed E-state index contributed by atoms with van der Waals surface area (Å²) in [6.07, 6.45) is 4.80. The Balaban J connectivity index is 1.29. The van der Waals surface area contributed by atoms with Gasteiger partial charge >= 0.3 is 0 Å². The number of carbonyl (C=O) groups excluding carboxylic acids is 2. The zero-order chi connectivity index (χ0) is 29.1. The van der Waals surface area contributed by atoms with Crippen LogP contribution in [0.1, 0.15) is 43.7 Å². The Kier molecular flexibility index (Phi) is 8.24. The van der Waals surface area contributed by atoms with Gasteiger partial charge in [-0.15, -0.1) is 0 Å². The van der Waals surface area contributed by atoms with E-state index in [2.05, 4.69) is 18.2 Å². The van der Waals surface area contributed by atoms with Crippen LogP contribution in [0.5, 0.6) is 11.5 Å². The summed E-state index contributed by atoms with van der Waals surface area (Å²) >= 11 is 0. The molecule has 6 rings (SSSR count). The second-order valence-corrected chi connectivity index (χ2v) is 11.4. The van der Waals surface area contributed by atoms with Gasteiger partial charge in [0.1, 0.15) is 18.1 Å². The molecule has 2 aliphatic heterocycles. The third-order valence-corrected chi connectivity index (χ3v) is 8.76. The molecule has 2 saturated heterocycles. The molecule has 6 nitrogen and oxygen atoms in total. The molecule has 0 bridgehead atoms. The molecule has 4 atom stereocenters. The van der Waals surface area contributed by atoms with Gasteiger partial charge in [0.2, 0.25) is 11.8 Å². The van der Waals surface area contributed by atoms with Crippen LogP contribution in [0.3, 0.4) is 0 Å². The van der Waals surface area contributed by atoms with E-state index < -0.39 is 0 Å². The Hall–Kier alpha value is -4.16. The maximum Gasteiger partial charge on any atom is 0.233 e. The number of phenols is 1. The number of hydrogen-bond acceptors (Lipinski definition) is 5. The van der Waals surface area contributed by atoms with Crippen molar-refractivity contribution in [3.05, 3.63) is 107 Å².